The van der Waals surface area contributed by atoms with E-state index in [2.05, 4.69) is 10.4 Å². The average Bonchev–Trinajstić information content (AvgIpc) is 3.03. The second-order valence-electron chi connectivity index (χ2n) is 8.37. The van der Waals surface area contributed by atoms with Crippen LogP contribution in [0.5, 0.6) is 0 Å². The van der Waals surface area contributed by atoms with E-state index in [1.165, 1.54) is 18.0 Å². The number of fused-ring (bicyclic) bond motifs is 1. The molecule has 30 heavy (non-hydrogen) atoms. The van der Waals surface area contributed by atoms with E-state index in [9.17, 15) is 14.4 Å². The van der Waals surface area contributed by atoms with Crippen LogP contribution in [0.4, 0.5) is 15.9 Å². The maximum Gasteiger partial charge on any atom is 0.221 e. The number of rotatable bonds is 6. The first kappa shape index (κ1) is 20.3. The van der Waals surface area contributed by atoms with Gasteiger partial charge < -0.3 is 10.2 Å². The number of hydrogen-bond donors (Lipinski definition) is 1. The maximum atomic E-state index is 15.1. The van der Waals surface area contributed by atoms with Crippen molar-refractivity contribution in [3.8, 4) is 0 Å². The lowest BCUT2D eigenvalue weighted by molar-refractivity contribution is -0.134. The monoisotopic (exact) mass is 415 g/mol. The first-order valence-corrected chi connectivity index (χ1v) is 10.2. The molecule has 2 heterocycles. The van der Waals surface area contributed by atoms with E-state index in [0.29, 0.717) is 60.5 Å². The summed E-state index contributed by atoms with van der Waals surface area (Å²) in [6, 6.07) is 3.19. The van der Waals surface area contributed by atoms with Crippen LogP contribution in [0, 0.1) is 11.2 Å². The van der Waals surface area contributed by atoms with Crippen LogP contribution in [0.1, 0.15) is 32.1 Å². The zero-order valence-electron chi connectivity index (χ0n) is 17.3. The number of nitrogens with one attached hydrogen (secondary N) is 1. The summed E-state index contributed by atoms with van der Waals surface area (Å²) in [7, 11) is 3.28. The first-order valence-electron chi connectivity index (χ1n) is 10.2. The molecule has 2 aliphatic rings. The average molecular weight is 415 g/mol. The topological polar surface area (TPSA) is 87.5 Å². The van der Waals surface area contributed by atoms with Crippen LogP contribution < -0.4 is 15.1 Å². The van der Waals surface area contributed by atoms with E-state index >= 15 is 4.39 Å². The molecule has 1 aliphatic heterocycles. The first-order chi connectivity index (χ1) is 14.4. The van der Waals surface area contributed by atoms with Crippen molar-refractivity contribution in [2.24, 2.45) is 12.5 Å². The SMILES string of the molecule is CNC(=O)CCN(C=O)c1nn(C)c2cc(N3CCC4(CC3)CC(=O)C4)c(F)cc12. The van der Waals surface area contributed by atoms with Gasteiger partial charge in [0.2, 0.25) is 12.3 Å². The summed E-state index contributed by atoms with van der Waals surface area (Å²) in [5.74, 6) is 0.109. The van der Waals surface area contributed by atoms with Crippen LogP contribution in [0.15, 0.2) is 12.1 Å². The number of ketones is 1. The lowest BCUT2D eigenvalue weighted by Crippen LogP contribution is -2.47. The third kappa shape index (κ3) is 3.53. The zero-order valence-corrected chi connectivity index (χ0v) is 17.3. The Balaban J connectivity index is 1.58. The predicted molar refractivity (Wildman–Crippen MR) is 111 cm³/mol. The number of aromatic nitrogens is 2. The molecule has 9 heteroatoms. The Bertz CT molecular complexity index is 1000. The molecule has 4 rings (SSSR count). The molecule has 160 valence electrons. The van der Waals surface area contributed by atoms with Crippen molar-refractivity contribution in [1.29, 1.82) is 0 Å². The summed E-state index contributed by atoms with van der Waals surface area (Å²) in [5.41, 5.74) is 1.36. The number of aryl methyl sites for hydroxylation is 1. The fourth-order valence-corrected chi connectivity index (χ4v) is 4.62. The van der Waals surface area contributed by atoms with Crippen LogP contribution >= 0.6 is 0 Å². The van der Waals surface area contributed by atoms with Gasteiger partial charge in [-0.05, 0) is 30.4 Å². The molecule has 2 fully saturated rings. The smallest absolute Gasteiger partial charge is 0.221 e. The van der Waals surface area contributed by atoms with Gasteiger partial charge in [0.25, 0.3) is 0 Å². The van der Waals surface area contributed by atoms with Crippen molar-refractivity contribution >= 4 is 40.5 Å². The van der Waals surface area contributed by atoms with Gasteiger partial charge in [0.1, 0.15) is 11.6 Å². The highest BCUT2D eigenvalue weighted by atomic mass is 19.1. The summed E-state index contributed by atoms with van der Waals surface area (Å²) in [6.45, 7) is 1.59. The van der Waals surface area contributed by atoms with E-state index < -0.39 is 0 Å². The van der Waals surface area contributed by atoms with Gasteiger partial charge in [-0.3, -0.25) is 24.0 Å². The van der Waals surface area contributed by atoms with Gasteiger partial charge in [-0.15, -0.1) is 0 Å². The fourth-order valence-electron chi connectivity index (χ4n) is 4.62. The van der Waals surface area contributed by atoms with Gasteiger partial charge >= 0.3 is 0 Å². The summed E-state index contributed by atoms with van der Waals surface area (Å²) in [5, 5.41) is 7.45. The van der Waals surface area contributed by atoms with Crippen molar-refractivity contribution in [1.82, 2.24) is 15.1 Å². The summed E-state index contributed by atoms with van der Waals surface area (Å²) in [6.07, 6.45) is 3.85. The quantitative estimate of drug-likeness (QED) is 0.727. The Hall–Kier alpha value is -2.97. The molecule has 1 saturated carbocycles. The Labute approximate surface area is 174 Å². The van der Waals surface area contributed by atoms with Crippen molar-refractivity contribution in [2.75, 3.05) is 36.5 Å². The molecule has 0 radical (unpaired) electrons. The van der Waals surface area contributed by atoms with Crippen LogP contribution in [-0.4, -0.2) is 54.6 Å². The Morgan fingerprint density at radius 1 is 1.33 bits per heavy atom. The summed E-state index contributed by atoms with van der Waals surface area (Å²) >= 11 is 0. The second kappa shape index (κ2) is 7.70. The number of benzene rings is 1. The largest absolute Gasteiger partial charge is 0.369 e. The van der Waals surface area contributed by atoms with Gasteiger partial charge in [-0.1, -0.05) is 0 Å². The van der Waals surface area contributed by atoms with E-state index in [0.717, 1.165) is 12.8 Å². The van der Waals surface area contributed by atoms with E-state index in [-0.39, 0.29) is 30.1 Å². The molecule has 1 N–H and O–H groups in total. The molecular formula is C21H26FN5O3. The minimum Gasteiger partial charge on any atom is -0.369 e. The molecule has 2 amide bonds. The molecule has 0 unspecified atom stereocenters. The van der Waals surface area contributed by atoms with Gasteiger partial charge in [0, 0.05) is 58.4 Å². The minimum atomic E-state index is -0.366. The second-order valence-corrected chi connectivity index (χ2v) is 8.37. The van der Waals surface area contributed by atoms with Crippen LogP contribution in [0.2, 0.25) is 0 Å². The van der Waals surface area contributed by atoms with Crippen LogP contribution in [0.3, 0.4) is 0 Å². The highest BCUT2D eigenvalue weighted by Crippen LogP contribution is 2.47. The highest BCUT2D eigenvalue weighted by molar-refractivity contribution is 5.97. The van der Waals surface area contributed by atoms with Crippen molar-refractivity contribution in [3.05, 3.63) is 17.9 Å². The van der Waals surface area contributed by atoms with Gasteiger partial charge in [-0.2, -0.15) is 5.10 Å². The third-order valence-electron chi connectivity index (χ3n) is 6.47. The molecule has 1 spiro atoms. The summed E-state index contributed by atoms with van der Waals surface area (Å²) < 4.78 is 16.7. The Morgan fingerprint density at radius 2 is 2.03 bits per heavy atom. The molecule has 2 aromatic rings. The number of amides is 2. The van der Waals surface area contributed by atoms with Crippen LogP contribution in [-0.2, 0) is 21.4 Å². The van der Waals surface area contributed by atoms with Crippen molar-refractivity contribution in [2.45, 2.75) is 32.1 Å². The van der Waals surface area contributed by atoms with Crippen molar-refractivity contribution in [3.63, 3.8) is 0 Å². The number of nitrogens with zero attached hydrogens (tertiary/aromatic N) is 4. The predicted octanol–water partition coefficient (Wildman–Crippen LogP) is 1.76. The van der Waals surface area contributed by atoms with Gasteiger partial charge in [0.15, 0.2) is 5.82 Å². The van der Waals surface area contributed by atoms with Crippen molar-refractivity contribution < 1.29 is 18.8 Å². The number of halogens is 1. The Morgan fingerprint density at radius 3 is 2.63 bits per heavy atom. The van der Waals surface area contributed by atoms with Crippen LogP contribution in [0.25, 0.3) is 10.9 Å². The summed E-state index contributed by atoms with van der Waals surface area (Å²) in [4.78, 5) is 37.9. The minimum absolute atomic E-state index is 0.128. The normalized spacial score (nSPS) is 17.8. The third-order valence-corrected chi connectivity index (χ3v) is 6.47. The maximum absolute atomic E-state index is 15.1. The molecule has 8 nitrogen and oxygen atoms in total. The number of Topliss-reactive ketones (excluding diaryl/α,β-unsaturated/α-hetero) is 1. The Kier molecular flexibility index (Phi) is 5.21. The molecule has 1 aromatic carbocycles. The lowest BCUT2D eigenvalue weighted by Gasteiger charge is -2.47. The number of carbonyl (C=O) groups is 3. The molecule has 0 bridgehead atoms. The van der Waals surface area contributed by atoms with Gasteiger partial charge in [0.05, 0.1) is 11.2 Å². The van der Waals surface area contributed by atoms with E-state index in [1.807, 2.05) is 4.90 Å². The number of piperidine rings is 1. The standard InChI is InChI=1S/C21H26FN5O3/c1-23-19(30)3-6-27(13-28)20-15-9-16(22)18(10-17(15)25(2)24-20)26-7-4-21(5-8-26)11-14(29)12-21/h9-10,13H,3-8,11-12H2,1-2H3,(H,23,30). The van der Waals surface area contributed by atoms with E-state index in [1.54, 1.807) is 17.8 Å². The highest BCUT2D eigenvalue weighted by Gasteiger charge is 2.45. The van der Waals surface area contributed by atoms with Gasteiger partial charge in [-0.25, -0.2) is 4.39 Å². The molecule has 1 aromatic heterocycles. The van der Waals surface area contributed by atoms with E-state index in [4.69, 9.17) is 0 Å². The molecular weight excluding hydrogens is 389 g/mol. The zero-order chi connectivity index (χ0) is 21.5. The number of hydrogen-bond acceptors (Lipinski definition) is 5. The molecule has 0 atom stereocenters. The number of anilines is 2. The number of carbonyl (C=O) groups excluding carboxylic acids is 3. The fraction of sp³-hybridized carbons (Fsp3) is 0.524. The molecule has 1 aliphatic carbocycles. The lowest BCUT2D eigenvalue weighted by atomic mass is 9.62. The molecule has 1 saturated heterocycles.